The van der Waals surface area contributed by atoms with Crippen molar-refractivity contribution in [3.63, 3.8) is 0 Å². The van der Waals surface area contributed by atoms with Gasteiger partial charge in [-0.05, 0) is 35.7 Å². The van der Waals surface area contributed by atoms with Gasteiger partial charge in [0.2, 0.25) is 0 Å². The molecule has 0 aliphatic heterocycles. The Balaban J connectivity index is 1.93. The number of hydrogen-bond donors (Lipinski definition) is 2. The molecule has 1 amide bonds. The molecule has 0 spiro atoms. The zero-order valence-corrected chi connectivity index (χ0v) is 13.8. The molecular weight excluding hydrogens is 359 g/mol. The number of ether oxygens (including phenoxy) is 2. The molecule has 2 aromatic rings. The van der Waals surface area contributed by atoms with Crippen molar-refractivity contribution in [2.45, 2.75) is 12.5 Å². The van der Waals surface area contributed by atoms with Crippen LogP contribution in [-0.2, 0) is 4.74 Å². The molecule has 2 N–H and O–H groups in total. The minimum Gasteiger partial charge on any atom is -0.406 e. The summed E-state index contributed by atoms with van der Waals surface area (Å²) in [4.78, 5) is 13.0. The standard InChI is InChI=1S/C16H16F3NO4S/c17-16(18,19)24-12-5-3-11(4-6-12)15(22)20-10-13(23-8-7-21)14-2-1-9-25-14/h1-6,9,13,21H,7-8,10H2,(H,20,22)/t13-/m0/s1. The Hall–Kier alpha value is -2.10. The van der Waals surface area contributed by atoms with E-state index in [1.54, 1.807) is 0 Å². The molecule has 0 radical (unpaired) electrons. The molecule has 0 unspecified atom stereocenters. The van der Waals surface area contributed by atoms with Crippen LogP contribution in [0.4, 0.5) is 13.2 Å². The minimum absolute atomic E-state index is 0.127. The van der Waals surface area contributed by atoms with Crippen LogP contribution >= 0.6 is 11.3 Å². The highest BCUT2D eigenvalue weighted by molar-refractivity contribution is 7.10. The number of thiophene rings is 1. The Morgan fingerprint density at radius 3 is 2.52 bits per heavy atom. The van der Waals surface area contributed by atoms with Crippen LogP contribution in [0.2, 0.25) is 0 Å². The Kier molecular flexibility index (Phi) is 6.80. The van der Waals surface area contributed by atoms with Crippen molar-refractivity contribution < 1.29 is 32.5 Å². The van der Waals surface area contributed by atoms with Gasteiger partial charge >= 0.3 is 6.36 Å². The van der Waals surface area contributed by atoms with Crippen LogP contribution in [0, 0.1) is 0 Å². The highest BCUT2D eigenvalue weighted by atomic mass is 32.1. The second-order valence-corrected chi connectivity index (χ2v) is 5.86. The SMILES string of the molecule is O=C(NC[C@H](OCCO)c1cccs1)c1ccc(OC(F)(F)F)cc1. The second kappa shape index (κ2) is 8.84. The molecule has 0 saturated heterocycles. The number of carbonyl (C=O) groups is 1. The Labute approximate surface area is 146 Å². The first kappa shape index (κ1) is 19.2. The molecule has 25 heavy (non-hydrogen) atoms. The number of rotatable bonds is 8. The van der Waals surface area contributed by atoms with Crippen molar-refractivity contribution in [2.24, 2.45) is 0 Å². The van der Waals surface area contributed by atoms with E-state index in [1.807, 2.05) is 17.5 Å². The fraction of sp³-hybridized carbons (Fsp3) is 0.312. The van der Waals surface area contributed by atoms with E-state index >= 15 is 0 Å². The molecule has 1 atom stereocenters. The molecule has 0 saturated carbocycles. The van der Waals surface area contributed by atoms with Crippen LogP contribution in [0.3, 0.4) is 0 Å². The molecule has 0 aliphatic rings. The first-order chi connectivity index (χ1) is 11.9. The summed E-state index contributed by atoms with van der Waals surface area (Å²) in [7, 11) is 0. The largest absolute Gasteiger partial charge is 0.573 e. The van der Waals surface area contributed by atoms with Crippen molar-refractivity contribution in [2.75, 3.05) is 19.8 Å². The minimum atomic E-state index is -4.78. The topological polar surface area (TPSA) is 67.8 Å². The van der Waals surface area contributed by atoms with Gasteiger partial charge < -0.3 is 19.9 Å². The highest BCUT2D eigenvalue weighted by Gasteiger charge is 2.31. The number of hydrogen-bond acceptors (Lipinski definition) is 5. The van der Waals surface area contributed by atoms with Gasteiger partial charge in [0.1, 0.15) is 11.9 Å². The summed E-state index contributed by atoms with van der Waals surface area (Å²) >= 11 is 1.46. The van der Waals surface area contributed by atoms with Gasteiger partial charge in [0.05, 0.1) is 13.2 Å². The first-order valence-corrected chi connectivity index (χ1v) is 8.17. The Morgan fingerprint density at radius 1 is 1.24 bits per heavy atom. The average Bonchev–Trinajstić information content (AvgIpc) is 3.08. The van der Waals surface area contributed by atoms with E-state index in [-0.39, 0.29) is 25.3 Å². The molecule has 0 aliphatic carbocycles. The van der Waals surface area contributed by atoms with E-state index in [4.69, 9.17) is 9.84 Å². The second-order valence-electron chi connectivity index (χ2n) is 4.88. The Morgan fingerprint density at radius 2 is 1.96 bits per heavy atom. The maximum Gasteiger partial charge on any atom is 0.573 e. The Bertz CT molecular complexity index is 659. The van der Waals surface area contributed by atoms with E-state index < -0.39 is 24.1 Å². The number of halogens is 3. The summed E-state index contributed by atoms with van der Waals surface area (Å²) in [5, 5.41) is 13.4. The third kappa shape index (κ3) is 6.37. The fourth-order valence-electron chi connectivity index (χ4n) is 2.01. The number of aliphatic hydroxyl groups excluding tert-OH is 1. The molecule has 0 fully saturated rings. The summed E-state index contributed by atoms with van der Waals surface area (Å²) in [5.41, 5.74) is 0.196. The van der Waals surface area contributed by atoms with Gasteiger partial charge in [-0.1, -0.05) is 6.07 Å². The van der Waals surface area contributed by atoms with E-state index in [0.29, 0.717) is 0 Å². The maximum absolute atomic E-state index is 12.1. The van der Waals surface area contributed by atoms with Crippen LogP contribution in [-0.4, -0.2) is 37.1 Å². The average molecular weight is 375 g/mol. The summed E-state index contributed by atoms with van der Waals surface area (Å²) in [5.74, 6) is -0.848. The lowest BCUT2D eigenvalue weighted by Crippen LogP contribution is -2.29. The van der Waals surface area contributed by atoms with Crippen molar-refractivity contribution in [1.82, 2.24) is 5.32 Å². The van der Waals surface area contributed by atoms with Gasteiger partial charge in [0.25, 0.3) is 5.91 Å². The van der Waals surface area contributed by atoms with Crippen molar-refractivity contribution in [3.8, 4) is 5.75 Å². The predicted molar refractivity (Wildman–Crippen MR) is 85.6 cm³/mol. The van der Waals surface area contributed by atoms with Gasteiger partial charge in [0.15, 0.2) is 0 Å². The molecule has 2 rings (SSSR count). The van der Waals surface area contributed by atoms with Crippen molar-refractivity contribution >= 4 is 17.2 Å². The maximum atomic E-state index is 12.1. The predicted octanol–water partition coefficient (Wildman–Crippen LogP) is 3.13. The van der Waals surface area contributed by atoms with E-state index in [9.17, 15) is 18.0 Å². The van der Waals surface area contributed by atoms with Crippen LogP contribution in [0.1, 0.15) is 21.3 Å². The first-order valence-electron chi connectivity index (χ1n) is 7.29. The van der Waals surface area contributed by atoms with E-state index in [0.717, 1.165) is 17.0 Å². The molecule has 1 heterocycles. The molecule has 136 valence electrons. The number of benzene rings is 1. The molecular formula is C16H16F3NO4S. The monoisotopic (exact) mass is 375 g/mol. The third-order valence-electron chi connectivity index (χ3n) is 3.07. The van der Waals surface area contributed by atoms with Crippen LogP contribution in [0.15, 0.2) is 41.8 Å². The normalized spacial score (nSPS) is 12.6. The molecule has 9 heteroatoms. The highest BCUT2D eigenvalue weighted by Crippen LogP contribution is 2.23. The van der Waals surface area contributed by atoms with Crippen LogP contribution in [0.5, 0.6) is 5.75 Å². The van der Waals surface area contributed by atoms with Crippen LogP contribution in [0.25, 0.3) is 0 Å². The zero-order chi connectivity index (χ0) is 18.3. The quantitative estimate of drug-likeness (QED) is 0.744. The molecule has 5 nitrogen and oxygen atoms in total. The van der Waals surface area contributed by atoms with Crippen molar-refractivity contribution in [1.29, 1.82) is 0 Å². The van der Waals surface area contributed by atoms with Crippen molar-refractivity contribution in [3.05, 3.63) is 52.2 Å². The number of aliphatic hydroxyl groups is 1. The smallest absolute Gasteiger partial charge is 0.406 e. The molecule has 1 aromatic carbocycles. The third-order valence-corrected chi connectivity index (χ3v) is 4.03. The molecule has 0 bridgehead atoms. The summed E-state index contributed by atoms with van der Waals surface area (Å²) < 4.78 is 45.6. The lowest BCUT2D eigenvalue weighted by Gasteiger charge is -2.17. The number of alkyl halides is 3. The lowest BCUT2D eigenvalue weighted by molar-refractivity contribution is -0.274. The van der Waals surface area contributed by atoms with E-state index in [2.05, 4.69) is 10.1 Å². The van der Waals surface area contributed by atoms with Gasteiger partial charge in [0, 0.05) is 17.0 Å². The summed E-state index contributed by atoms with van der Waals surface area (Å²) in [6, 6.07) is 8.32. The van der Waals surface area contributed by atoms with Gasteiger partial charge in [-0.25, -0.2) is 0 Å². The summed E-state index contributed by atoms with van der Waals surface area (Å²) in [6.07, 6.45) is -5.19. The number of nitrogens with one attached hydrogen (secondary N) is 1. The summed E-state index contributed by atoms with van der Waals surface area (Å²) in [6.45, 7) is 0.151. The lowest BCUT2D eigenvalue weighted by atomic mass is 10.2. The molecule has 1 aromatic heterocycles. The number of carbonyl (C=O) groups excluding carboxylic acids is 1. The zero-order valence-electron chi connectivity index (χ0n) is 13.0. The van der Waals surface area contributed by atoms with Gasteiger partial charge in [-0.2, -0.15) is 0 Å². The van der Waals surface area contributed by atoms with Gasteiger partial charge in [-0.3, -0.25) is 4.79 Å². The fourth-order valence-corrected chi connectivity index (χ4v) is 2.78. The number of amides is 1. The van der Waals surface area contributed by atoms with Gasteiger partial charge in [-0.15, -0.1) is 24.5 Å². The van der Waals surface area contributed by atoms with Crippen LogP contribution < -0.4 is 10.1 Å². The van der Waals surface area contributed by atoms with E-state index in [1.165, 1.54) is 23.5 Å².